The van der Waals surface area contributed by atoms with Gasteiger partial charge in [-0.2, -0.15) is 0 Å². The summed E-state index contributed by atoms with van der Waals surface area (Å²) in [5.41, 5.74) is 7.68. The highest BCUT2D eigenvalue weighted by Gasteiger charge is 2.06. The van der Waals surface area contributed by atoms with Crippen molar-refractivity contribution in [3.05, 3.63) is 46.8 Å². The van der Waals surface area contributed by atoms with Crippen LogP contribution in [0.25, 0.3) is 11.3 Å². The summed E-state index contributed by atoms with van der Waals surface area (Å²) in [6.07, 6.45) is 2.63. The second-order valence-corrected chi connectivity index (χ2v) is 5.33. The highest BCUT2D eigenvalue weighted by Crippen LogP contribution is 2.19. The fourth-order valence-electron chi connectivity index (χ4n) is 1.67. The quantitative estimate of drug-likeness (QED) is 0.944. The lowest BCUT2D eigenvalue weighted by molar-refractivity contribution is 0.574. The maximum absolute atomic E-state index is 5.62. The van der Waals surface area contributed by atoms with E-state index in [2.05, 4.69) is 32.8 Å². The van der Waals surface area contributed by atoms with Gasteiger partial charge in [0.25, 0.3) is 0 Å². The molecule has 0 bridgehead atoms. The fraction of sp³-hybridized carbons (Fsp3) is 0.286. The van der Waals surface area contributed by atoms with E-state index < -0.39 is 0 Å². The molecule has 0 aliphatic carbocycles. The van der Waals surface area contributed by atoms with Crippen LogP contribution in [0.15, 0.2) is 41.0 Å². The summed E-state index contributed by atoms with van der Waals surface area (Å²) >= 11 is 3.43. The smallest absolute Gasteiger partial charge is 0.129 e. The summed E-state index contributed by atoms with van der Waals surface area (Å²) in [6.45, 7) is 2.77. The molecule has 1 aromatic heterocycles. The largest absolute Gasteiger partial charge is 0.330 e. The first kappa shape index (κ1) is 13.2. The van der Waals surface area contributed by atoms with Crippen molar-refractivity contribution in [2.75, 3.05) is 6.54 Å². The number of benzene rings is 1. The molecule has 0 amide bonds. The van der Waals surface area contributed by atoms with E-state index in [1.54, 1.807) is 0 Å². The first-order valence-electron chi connectivity index (χ1n) is 5.97. The lowest BCUT2D eigenvalue weighted by Crippen LogP contribution is -2.14. The van der Waals surface area contributed by atoms with Crippen LogP contribution in [0.2, 0.25) is 0 Å². The Hall–Kier alpha value is -1.26. The number of rotatable bonds is 4. The second kappa shape index (κ2) is 6.07. The third-order valence-electron chi connectivity index (χ3n) is 2.78. The van der Waals surface area contributed by atoms with Gasteiger partial charge in [-0.1, -0.05) is 35.0 Å². The predicted octanol–water partition coefficient (Wildman–Crippen LogP) is 3.04. The van der Waals surface area contributed by atoms with Crippen LogP contribution in [-0.2, 0) is 6.42 Å². The van der Waals surface area contributed by atoms with Crippen molar-refractivity contribution in [1.82, 2.24) is 9.97 Å². The molecule has 2 rings (SSSR count). The normalized spacial score (nSPS) is 12.4. The number of hydrogen-bond acceptors (Lipinski definition) is 3. The number of nitrogens with zero attached hydrogens (tertiary/aromatic N) is 2. The molecule has 3 nitrogen and oxygen atoms in total. The molecular formula is C14H16BrN3. The Bertz CT molecular complexity index is 511. The van der Waals surface area contributed by atoms with Crippen molar-refractivity contribution in [3.63, 3.8) is 0 Å². The molecule has 0 saturated carbocycles. The molecule has 1 heterocycles. The fourth-order valence-corrected chi connectivity index (χ4v) is 1.94. The average Bonchev–Trinajstić information content (AvgIpc) is 2.40. The molecule has 1 unspecified atom stereocenters. The lowest BCUT2D eigenvalue weighted by Gasteiger charge is -2.08. The summed E-state index contributed by atoms with van der Waals surface area (Å²) in [5.74, 6) is 1.26. The second-order valence-electron chi connectivity index (χ2n) is 4.41. The maximum atomic E-state index is 5.62. The Morgan fingerprint density at radius 3 is 2.61 bits per heavy atom. The molecule has 2 N–H and O–H groups in total. The van der Waals surface area contributed by atoms with E-state index in [0.717, 1.165) is 28.0 Å². The van der Waals surface area contributed by atoms with Gasteiger partial charge in [0.1, 0.15) is 5.82 Å². The predicted molar refractivity (Wildman–Crippen MR) is 77.1 cm³/mol. The summed E-state index contributed by atoms with van der Waals surface area (Å²) in [5, 5.41) is 0. The minimum atomic E-state index is 0.408. The van der Waals surface area contributed by atoms with Crippen molar-refractivity contribution in [1.29, 1.82) is 0 Å². The van der Waals surface area contributed by atoms with Gasteiger partial charge in [0.15, 0.2) is 0 Å². The molecule has 94 valence electrons. The van der Waals surface area contributed by atoms with Gasteiger partial charge in [-0.25, -0.2) is 9.97 Å². The van der Waals surface area contributed by atoms with Crippen LogP contribution < -0.4 is 5.73 Å². The average molecular weight is 306 g/mol. The van der Waals surface area contributed by atoms with Gasteiger partial charge in [-0.3, -0.25) is 0 Å². The van der Waals surface area contributed by atoms with E-state index in [4.69, 9.17) is 5.73 Å². The van der Waals surface area contributed by atoms with Gasteiger partial charge < -0.3 is 5.73 Å². The molecule has 0 aliphatic rings. The van der Waals surface area contributed by atoms with Crippen LogP contribution in [0.3, 0.4) is 0 Å². The van der Waals surface area contributed by atoms with E-state index in [1.165, 1.54) is 0 Å². The standard InChI is InChI=1S/C14H16BrN3/c1-10(9-16)8-14-17-7-6-13(18-14)11-2-4-12(15)5-3-11/h2-7,10H,8-9,16H2,1H3. The first-order valence-corrected chi connectivity index (χ1v) is 6.76. The first-order chi connectivity index (χ1) is 8.69. The third-order valence-corrected chi connectivity index (χ3v) is 3.31. The summed E-state index contributed by atoms with van der Waals surface area (Å²) in [4.78, 5) is 8.87. The van der Waals surface area contributed by atoms with Crippen LogP contribution in [0.1, 0.15) is 12.7 Å². The van der Waals surface area contributed by atoms with E-state index in [1.807, 2.05) is 36.5 Å². The van der Waals surface area contributed by atoms with Gasteiger partial charge in [0, 0.05) is 22.7 Å². The Kier molecular flexibility index (Phi) is 4.44. The SMILES string of the molecule is CC(CN)Cc1nccc(-c2ccc(Br)cc2)n1. The molecule has 0 saturated heterocycles. The van der Waals surface area contributed by atoms with Crippen molar-refractivity contribution in [3.8, 4) is 11.3 Å². The molecule has 0 fully saturated rings. The maximum Gasteiger partial charge on any atom is 0.129 e. The van der Waals surface area contributed by atoms with Crippen LogP contribution in [0.5, 0.6) is 0 Å². The molecule has 1 atom stereocenters. The highest BCUT2D eigenvalue weighted by atomic mass is 79.9. The van der Waals surface area contributed by atoms with E-state index in [9.17, 15) is 0 Å². The molecule has 0 aliphatic heterocycles. The highest BCUT2D eigenvalue weighted by molar-refractivity contribution is 9.10. The minimum Gasteiger partial charge on any atom is -0.330 e. The van der Waals surface area contributed by atoms with Gasteiger partial charge in [0.05, 0.1) is 5.69 Å². The minimum absolute atomic E-state index is 0.408. The summed E-state index contributed by atoms with van der Waals surface area (Å²) < 4.78 is 1.07. The summed E-state index contributed by atoms with van der Waals surface area (Å²) in [6, 6.07) is 10.0. The molecule has 0 spiro atoms. The van der Waals surface area contributed by atoms with Crippen molar-refractivity contribution >= 4 is 15.9 Å². The van der Waals surface area contributed by atoms with Gasteiger partial charge in [0.2, 0.25) is 0 Å². The Morgan fingerprint density at radius 1 is 1.22 bits per heavy atom. The molecule has 2 aromatic rings. The topological polar surface area (TPSA) is 51.8 Å². The Labute approximate surface area is 116 Å². The van der Waals surface area contributed by atoms with E-state index >= 15 is 0 Å². The molecule has 1 aromatic carbocycles. The zero-order valence-electron chi connectivity index (χ0n) is 10.3. The molecule has 0 radical (unpaired) electrons. The van der Waals surface area contributed by atoms with Gasteiger partial charge in [-0.05, 0) is 30.7 Å². The van der Waals surface area contributed by atoms with Crippen molar-refractivity contribution in [2.24, 2.45) is 11.7 Å². The number of hydrogen-bond donors (Lipinski definition) is 1. The molecule has 4 heteroatoms. The molecular weight excluding hydrogens is 290 g/mol. The van der Waals surface area contributed by atoms with E-state index in [0.29, 0.717) is 12.5 Å². The van der Waals surface area contributed by atoms with Crippen LogP contribution >= 0.6 is 15.9 Å². The van der Waals surface area contributed by atoms with Crippen molar-refractivity contribution < 1.29 is 0 Å². The summed E-state index contributed by atoms with van der Waals surface area (Å²) in [7, 11) is 0. The van der Waals surface area contributed by atoms with Crippen LogP contribution in [0.4, 0.5) is 0 Å². The zero-order chi connectivity index (χ0) is 13.0. The van der Waals surface area contributed by atoms with Crippen LogP contribution in [-0.4, -0.2) is 16.5 Å². The van der Waals surface area contributed by atoms with E-state index in [-0.39, 0.29) is 0 Å². The van der Waals surface area contributed by atoms with Crippen molar-refractivity contribution in [2.45, 2.75) is 13.3 Å². The zero-order valence-corrected chi connectivity index (χ0v) is 11.9. The van der Waals surface area contributed by atoms with Crippen LogP contribution in [0, 0.1) is 5.92 Å². The monoisotopic (exact) mass is 305 g/mol. The number of halogens is 1. The lowest BCUT2D eigenvalue weighted by atomic mass is 10.1. The third kappa shape index (κ3) is 3.37. The number of aromatic nitrogens is 2. The van der Waals surface area contributed by atoms with Gasteiger partial charge >= 0.3 is 0 Å². The molecule has 18 heavy (non-hydrogen) atoms. The Morgan fingerprint density at radius 2 is 1.94 bits per heavy atom. The van der Waals surface area contributed by atoms with Gasteiger partial charge in [-0.15, -0.1) is 0 Å². The number of nitrogens with two attached hydrogens (primary N) is 1. The Balaban J connectivity index is 2.24.